The predicted octanol–water partition coefficient (Wildman–Crippen LogP) is 4.48. The number of rotatable bonds is 5. The van der Waals surface area contributed by atoms with Crippen molar-refractivity contribution in [1.82, 2.24) is 24.5 Å². The van der Waals surface area contributed by atoms with Crippen LogP contribution < -0.4 is 4.90 Å². The van der Waals surface area contributed by atoms with E-state index in [0.29, 0.717) is 37.1 Å². The van der Waals surface area contributed by atoms with Crippen molar-refractivity contribution in [3.63, 3.8) is 0 Å². The number of anilines is 1. The molecule has 0 radical (unpaired) electrons. The van der Waals surface area contributed by atoms with E-state index in [1.54, 1.807) is 12.1 Å². The van der Waals surface area contributed by atoms with Gasteiger partial charge in [0.1, 0.15) is 5.82 Å². The molecule has 0 aliphatic carbocycles. The van der Waals surface area contributed by atoms with Gasteiger partial charge in [0, 0.05) is 37.1 Å². The molecule has 0 N–H and O–H groups in total. The zero-order valence-electron chi connectivity index (χ0n) is 19.8. The van der Waals surface area contributed by atoms with Gasteiger partial charge in [-0.15, -0.1) is 10.2 Å². The SMILES string of the molecule is CCN(CC)C(=O)C1CCCN(c2nc3ccc(C)cc3c3nnc(-c4ccc(F)cc4)n23)C1. The van der Waals surface area contributed by atoms with Crippen LogP contribution in [0.4, 0.5) is 10.3 Å². The fourth-order valence-corrected chi connectivity index (χ4v) is 4.88. The van der Waals surface area contributed by atoms with E-state index in [9.17, 15) is 9.18 Å². The number of halogens is 1. The lowest BCUT2D eigenvalue weighted by molar-refractivity contribution is -0.135. The number of carbonyl (C=O) groups is 1. The molecular formula is C26H29FN6O. The van der Waals surface area contributed by atoms with E-state index in [1.807, 2.05) is 42.2 Å². The molecule has 2 aromatic carbocycles. The Kier molecular flexibility index (Phi) is 5.89. The van der Waals surface area contributed by atoms with Gasteiger partial charge in [-0.3, -0.25) is 4.79 Å². The van der Waals surface area contributed by atoms with Gasteiger partial charge in [-0.1, -0.05) is 11.6 Å². The number of amides is 1. The minimum absolute atomic E-state index is 0.0787. The number of hydrogen-bond donors (Lipinski definition) is 0. The molecule has 1 fully saturated rings. The van der Waals surface area contributed by atoms with Crippen LogP contribution in [0, 0.1) is 18.7 Å². The van der Waals surface area contributed by atoms with Gasteiger partial charge < -0.3 is 9.80 Å². The Bertz CT molecular complexity index is 1350. The van der Waals surface area contributed by atoms with Gasteiger partial charge in [0.25, 0.3) is 0 Å². The van der Waals surface area contributed by atoms with Crippen molar-refractivity contribution in [3.8, 4) is 11.4 Å². The first-order valence-electron chi connectivity index (χ1n) is 11.9. The predicted molar refractivity (Wildman–Crippen MR) is 131 cm³/mol. The summed E-state index contributed by atoms with van der Waals surface area (Å²) in [6.45, 7) is 8.89. The molecule has 34 heavy (non-hydrogen) atoms. The van der Waals surface area contributed by atoms with E-state index < -0.39 is 0 Å². The Hall–Kier alpha value is -3.55. The largest absolute Gasteiger partial charge is 0.343 e. The molecule has 5 rings (SSSR count). The third-order valence-corrected chi connectivity index (χ3v) is 6.71. The number of carbonyl (C=O) groups excluding carboxylic acids is 1. The highest BCUT2D eigenvalue weighted by molar-refractivity contribution is 5.94. The second-order valence-corrected chi connectivity index (χ2v) is 8.92. The van der Waals surface area contributed by atoms with Gasteiger partial charge >= 0.3 is 0 Å². The van der Waals surface area contributed by atoms with E-state index in [2.05, 4.69) is 21.2 Å². The summed E-state index contributed by atoms with van der Waals surface area (Å²) >= 11 is 0. The van der Waals surface area contributed by atoms with Gasteiger partial charge in [-0.05, 0) is 70.0 Å². The van der Waals surface area contributed by atoms with E-state index >= 15 is 0 Å². The van der Waals surface area contributed by atoms with Crippen molar-refractivity contribution in [3.05, 3.63) is 53.8 Å². The highest BCUT2D eigenvalue weighted by Crippen LogP contribution is 2.31. The van der Waals surface area contributed by atoms with E-state index in [-0.39, 0.29) is 17.6 Å². The van der Waals surface area contributed by atoms with Crippen LogP contribution in [0.25, 0.3) is 27.9 Å². The molecule has 0 bridgehead atoms. The van der Waals surface area contributed by atoms with Gasteiger partial charge in [0.15, 0.2) is 11.5 Å². The Labute approximate surface area is 198 Å². The maximum absolute atomic E-state index is 13.6. The Morgan fingerprint density at radius 3 is 2.62 bits per heavy atom. The lowest BCUT2D eigenvalue weighted by Gasteiger charge is -2.35. The van der Waals surface area contributed by atoms with Crippen molar-refractivity contribution >= 4 is 28.4 Å². The van der Waals surface area contributed by atoms with Crippen LogP contribution in [-0.4, -0.2) is 56.6 Å². The van der Waals surface area contributed by atoms with Gasteiger partial charge in [-0.25, -0.2) is 13.8 Å². The van der Waals surface area contributed by atoms with Crippen molar-refractivity contribution in [2.75, 3.05) is 31.1 Å². The highest BCUT2D eigenvalue weighted by atomic mass is 19.1. The summed E-state index contributed by atoms with van der Waals surface area (Å²) in [4.78, 5) is 22.3. The fourth-order valence-electron chi connectivity index (χ4n) is 4.88. The summed E-state index contributed by atoms with van der Waals surface area (Å²) in [6.07, 6.45) is 1.77. The molecule has 1 aliphatic rings. The van der Waals surface area contributed by atoms with Gasteiger partial charge in [-0.2, -0.15) is 0 Å². The number of aromatic nitrogens is 4. The summed E-state index contributed by atoms with van der Waals surface area (Å²) in [6, 6.07) is 12.4. The van der Waals surface area contributed by atoms with Crippen molar-refractivity contribution in [2.45, 2.75) is 33.6 Å². The topological polar surface area (TPSA) is 66.6 Å². The van der Waals surface area contributed by atoms with E-state index in [1.165, 1.54) is 12.1 Å². The third-order valence-electron chi connectivity index (χ3n) is 6.71. The maximum Gasteiger partial charge on any atom is 0.227 e. The summed E-state index contributed by atoms with van der Waals surface area (Å²) in [5, 5.41) is 9.93. The summed E-state index contributed by atoms with van der Waals surface area (Å²) < 4.78 is 15.6. The first-order chi connectivity index (χ1) is 16.5. The average Bonchev–Trinajstić information content (AvgIpc) is 3.30. The Balaban J connectivity index is 1.66. The molecule has 4 aromatic rings. The molecule has 3 heterocycles. The molecule has 2 aromatic heterocycles. The monoisotopic (exact) mass is 460 g/mol. The minimum atomic E-state index is -0.300. The third kappa shape index (κ3) is 3.87. The van der Waals surface area contributed by atoms with Crippen molar-refractivity contribution in [1.29, 1.82) is 0 Å². The Morgan fingerprint density at radius 1 is 1.12 bits per heavy atom. The summed E-state index contributed by atoms with van der Waals surface area (Å²) in [7, 11) is 0. The lowest BCUT2D eigenvalue weighted by Crippen LogP contribution is -2.45. The number of aryl methyl sites for hydroxylation is 1. The lowest BCUT2D eigenvalue weighted by atomic mass is 9.96. The zero-order valence-corrected chi connectivity index (χ0v) is 19.8. The molecule has 8 heteroatoms. The number of fused-ring (bicyclic) bond motifs is 3. The van der Waals surface area contributed by atoms with Gasteiger partial charge in [0.2, 0.25) is 11.9 Å². The first-order valence-corrected chi connectivity index (χ1v) is 11.9. The van der Waals surface area contributed by atoms with E-state index in [0.717, 1.165) is 41.4 Å². The Morgan fingerprint density at radius 2 is 1.88 bits per heavy atom. The number of benzene rings is 2. The van der Waals surface area contributed by atoms with Crippen LogP contribution in [0.5, 0.6) is 0 Å². The molecule has 0 saturated carbocycles. The summed E-state index contributed by atoms with van der Waals surface area (Å²) in [5.41, 5.74) is 3.42. The van der Waals surface area contributed by atoms with Crippen LogP contribution in [0.3, 0.4) is 0 Å². The number of nitrogens with zero attached hydrogens (tertiary/aromatic N) is 6. The van der Waals surface area contributed by atoms with Crippen molar-refractivity contribution in [2.24, 2.45) is 5.92 Å². The molecular weight excluding hydrogens is 431 g/mol. The fraction of sp³-hybridized carbons (Fsp3) is 0.385. The standard InChI is InChI=1S/C26H29FN6O/c1-4-31(5-2)25(34)19-7-6-14-32(16-19)26-28-22-13-8-17(3)15-21(22)24-30-29-23(33(24)26)18-9-11-20(27)12-10-18/h8-13,15,19H,4-7,14,16H2,1-3H3. The maximum atomic E-state index is 13.6. The van der Waals surface area contributed by atoms with Crippen molar-refractivity contribution < 1.29 is 9.18 Å². The highest BCUT2D eigenvalue weighted by Gasteiger charge is 2.31. The van der Waals surface area contributed by atoms with Crippen LogP contribution in [-0.2, 0) is 4.79 Å². The van der Waals surface area contributed by atoms with E-state index in [4.69, 9.17) is 4.98 Å². The van der Waals surface area contributed by atoms with Crippen LogP contribution in [0.2, 0.25) is 0 Å². The molecule has 1 unspecified atom stereocenters. The molecule has 7 nitrogen and oxygen atoms in total. The quantitative estimate of drug-likeness (QED) is 0.439. The van der Waals surface area contributed by atoms with Gasteiger partial charge in [0.05, 0.1) is 11.4 Å². The molecule has 1 atom stereocenters. The minimum Gasteiger partial charge on any atom is -0.343 e. The number of hydrogen-bond acceptors (Lipinski definition) is 5. The molecule has 176 valence electrons. The smallest absolute Gasteiger partial charge is 0.227 e. The molecule has 0 spiro atoms. The van der Waals surface area contributed by atoms with Crippen LogP contribution in [0.1, 0.15) is 32.3 Å². The average molecular weight is 461 g/mol. The van der Waals surface area contributed by atoms with Crippen LogP contribution >= 0.6 is 0 Å². The molecule has 1 saturated heterocycles. The molecule has 1 aliphatic heterocycles. The molecule has 1 amide bonds. The first kappa shape index (κ1) is 22.3. The second-order valence-electron chi connectivity index (χ2n) is 8.92. The summed E-state index contributed by atoms with van der Waals surface area (Å²) in [5.74, 6) is 1.14. The normalized spacial score (nSPS) is 16.4. The number of piperidine rings is 1. The zero-order chi connectivity index (χ0) is 23.8. The van der Waals surface area contributed by atoms with Crippen LogP contribution in [0.15, 0.2) is 42.5 Å². The second kappa shape index (κ2) is 9.00.